The van der Waals surface area contributed by atoms with Crippen molar-refractivity contribution in [3.8, 4) is 12.3 Å². The molecule has 0 amide bonds. The van der Waals surface area contributed by atoms with Crippen molar-refractivity contribution in [2.24, 2.45) is 0 Å². The topological polar surface area (TPSA) is 15.3 Å². The van der Waals surface area contributed by atoms with E-state index < -0.39 is 0 Å². The molecule has 2 heteroatoms. The first-order valence-electron chi connectivity index (χ1n) is 5.64. The van der Waals surface area contributed by atoms with Crippen molar-refractivity contribution in [2.75, 3.05) is 25.5 Å². The summed E-state index contributed by atoms with van der Waals surface area (Å²) in [5.41, 5.74) is 2.54. The first kappa shape index (κ1) is 12.6. The molecule has 0 aromatic heterocycles. The van der Waals surface area contributed by atoms with Gasteiger partial charge in [-0.05, 0) is 30.7 Å². The van der Waals surface area contributed by atoms with Gasteiger partial charge in [-0.15, -0.1) is 12.3 Å². The highest BCUT2D eigenvalue weighted by molar-refractivity contribution is 5.45. The van der Waals surface area contributed by atoms with Crippen LogP contribution in [0.25, 0.3) is 0 Å². The first-order chi connectivity index (χ1) is 7.74. The van der Waals surface area contributed by atoms with Crippen LogP contribution in [-0.4, -0.2) is 20.6 Å². The third-order valence-corrected chi connectivity index (χ3v) is 2.46. The summed E-state index contributed by atoms with van der Waals surface area (Å²) in [4.78, 5) is 2.10. The standard InChI is InChI=1S/C14H20N2/c1-4-5-6-11-15-12-13-7-9-14(10-8-13)16(2)3/h1,7-10,15H,5-6,11-12H2,2-3H3. The summed E-state index contributed by atoms with van der Waals surface area (Å²) in [6.45, 7) is 1.90. The molecule has 0 saturated carbocycles. The molecule has 1 rings (SSSR count). The molecule has 0 atom stereocenters. The van der Waals surface area contributed by atoms with Gasteiger partial charge < -0.3 is 10.2 Å². The number of nitrogens with zero attached hydrogens (tertiary/aromatic N) is 1. The second-order valence-electron chi connectivity index (χ2n) is 4.05. The van der Waals surface area contributed by atoms with Crippen LogP contribution in [0.15, 0.2) is 24.3 Å². The van der Waals surface area contributed by atoms with Crippen LogP contribution in [0.3, 0.4) is 0 Å². The van der Waals surface area contributed by atoms with Crippen molar-refractivity contribution in [3.63, 3.8) is 0 Å². The molecule has 0 heterocycles. The van der Waals surface area contributed by atoms with Gasteiger partial charge in [0.25, 0.3) is 0 Å². The highest BCUT2D eigenvalue weighted by atomic mass is 15.1. The van der Waals surface area contributed by atoms with Crippen LogP contribution in [0.4, 0.5) is 5.69 Å². The van der Waals surface area contributed by atoms with Crippen molar-refractivity contribution in [2.45, 2.75) is 19.4 Å². The molecule has 0 spiro atoms. The fourth-order valence-corrected chi connectivity index (χ4v) is 1.46. The van der Waals surface area contributed by atoms with E-state index in [4.69, 9.17) is 6.42 Å². The summed E-state index contributed by atoms with van der Waals surface area (Å²) in [6, 6.07) is 8.59. The third-order valence-electron chi connectivity index (χ3n) is 2.46. The Morgan fingerprint density at radius 3 is 2.50 bits per heavy atom. The van der Waals surface area contributed by atoms with Gasteiger partial charge in [-0.25, -0.2) is 0 Å². The fourth-order valence-electron chi connectivity index (χ4n) is 1.46. The zero-order valence-corrected chi connectivity index (χ0v) is 10.2. The average Bonchev–Trinajstić information content (AvgIpc) is 2.29. The fraction of sp³-hybridized carbons (Fsp3) is 0.429. The summed E-state index contributed by atoms with van der Waals surface area (Å²) >= 11 is 0. The maximum absolute atomic E-state index is 5.18. The van der Waals surface area contributed by atoms with E-state index in [0.29, 0.717) is 0 Å². The molecule has 1 aromatic rings. The number of unbranched alkanes of at least 4 members (excludes halogenated alkanes) is 1. The van der Waals surface area contributed by atoms with Gasteiger partial charge in [0.1, 0.15) is 0 Å². The molecule has 0 unspecified atom stereocenters. The van der Waals surface area contributed by atoms with E-state index in [1.807, 2.05) is 14.1 Å². The molecular formula is C14H20N2. The summed E-state index contributed by atoms with van der Waals surface area (Å²) in [5, 5.41) is 3.38. The van der Waals surface area contributed by atoms with Crippen LogP contribution in [-0.2, 0) is 6.54 Å². The highest BCUT2D eigenvalue weighted by Crippen LogP contribution is 2.11. The highest BCUT2D eigenvalue weighted by Gasteiger charge is 1.95. The van der Waals surface area contributed by atoms with Gasteiger partial charge in [0.15, 0.2) is 0 Å². The number of hydrogen-bond acceptors (Lipinski definition) is 2. The second kappa shape index (κ2) is 6.92. The van der Waals surface area contributed by atoms with E-state index in [-0.39, 0.29) is 0 Å². The normalized spacial score (nSPS) is 9.81. The smallest absolute Gasteiger partial charge is 0.0361 e. The molecule has 0 aliphatic rings. The van der Waals surface area contributed by atoms with Gasteiger partial charge in [-0.3, -0.25) is 0 Å². The molecule has 86 valence electrons. The van der Waals surface area contributed by atoms with Crippen LogP contribution in [0.1, 0.15) is 18.4 Å². The monoisotopic (exact) mass is 216 g/mol. The number of benzene rings is 1. The molecule has 0 radical (unpaired) electrons. The molecule has 2 nitrogen and oxygen atoms in total. The minimum absolute atomic E-state index is 0.854. The number of hydrogen-bond donors (Lipinski definition) is 1. The second-order valence-corrected chi connectivity index (χ2v) is 4.05. The number of anilines is 1. The van der Waals surface area contributed by atoms with Gasteiger partial charge in [0.05, 0.1) is 0 Å². The van der Waals surface area contributed by atoms with Crippen LogP contribution in [0.5, 0.6) is 0 Å². The van der Waals surface area contributed by atoms with Crippen LogP contribution in [0.2, 0.25) is 0 Å². The summed E-state index contributed by atoms with van der Waals surface area (Å²) in [6.07, 6.45) is 7.09. The molecule has 0 fully saturated rings. The van der Waals surface area contributed by atoms with E-state index in [0.717, 1.165) is 25.9 Å². The number of nitrogens with one attached hydrogen (secondary N) is 1. The Kier molecular flexibility index (Phi) is 5.45. The summed E-state index contributed by atoms with van der Waals surface area (Å²) in [7, 11) is 4.10. The van der Waals surface area contributed by atoms with Crippen molar-refractivity contribution < 1.29 is 0 Å². The van der Waals surface area contributed by atoms with Crippen molar-refractivity contribution >= 4 is 5.69 Å². The Morgan fingerprint density at radius 1 is 1.25 bits per heavy atom. The molecule has 0 aliphatic carbocycles. The Balaban J connectivity index is 2.30. The quantitative estimate of drug-likeness (QED) is 0.579. The van der Waals surface area contributed by atoms with E-state index in [2.05, 4.69) is 40.4 Å². The summed E-state index contributed by atoms with van der Waals surface area (Å²) in [5.74, 6) is 2.64. The van der Waals surface area contributed by atoms with Gasteiger partial charge >= 0.3 is 0 Å². The molecule has 1 aromatic carbocycles. The van der Waals surface area contributed by atoms with E-state index in [1.54, 1.807) is 0 Å². The Bertz CT molecular complexity index is 333. The van der Waals surface area contributed by atoms with Crippen LogP contribution in [0, 0.1) is 12.3 Å². The van der Waals surface area contributed by atoms with E-state index in [1.165, 1.54) is 11.3 Å². The zero-order valence-electron chi connectivity index (χ0n) is 10.2. The lowest BCUT2D eigenvalue weighted by Gasteiger charge is -2.12. The van der Waals surface area contributed by atoms with Gasteiger partial charge in [0.2, 0.25) is 0 Å². The van der Waals surface area contributed by atoms with Crippen molar-refractivity contribution in [3.05, 3.63) is 29.8 Å². The molecule has 0 bridgehead atoms. The number of rotatable bonds is 6. The molecule has 1 N–H and O–H groups in total. The van der Waals surface area contributed by atoms with Gasteiger partial charge in [-0.1, -0.05) is 12.1 Å². The summed E-state index contributed by atoms with van der Waals surface area (Å²) < 4.78 is 0. The first-order valence-corrected chi connectivity index (χ1v) is 5.64. The number of terminal acetylenes is 1. The predicted octanol–water partition coefficient (Wildman–Crippen LogP) is 2.26. The van der Waals surface area contributed by atoms with Crippen molar-refractivity contribution in [1.82, 2.24) is 5.32 Å². The zero-order chi connectivity index (χ0) is 11.8. The van der Waals surface area contributed by atoms with Gasteiger partial charge in [-0.2, -0.15) is 0 Å². The Labute approximate surface area is 98.7 Å². The third kappa shape index (κ3) is 4.37. The Morgan fingerprint density at radius 2 is 1.94 bits per heavy atom. The largest absolute Gasteiger partial charge is 0.378 e. The molecular weight excluding hydrogens is 196 g/mol. The van der Waals surface area contributed by atoms with Crippen LogP contribution < -0.4 is 10.2 Å². The van der Waals surface area contributed by atoms with Gasteiger partial charge in [0, 0.05) is 32.7 Å². The SMILES string of the molecule is C#CCCCNCc1ccc(N(C)C)cc1. The molecule has 16 heavy (non-hydrogen) atoms. The lowest BCUT2D eigenvalue weighted by atomic mass is 10.2. The lowest BCUT2D eigenvalue weighted by Crippen LogP contribution is -2.14. The van der Waals surface area contributed by atoms with Crippen LogP contribution >= 0.6 is 0 Å². The average molecular weight is 216 g/mol. The lowest BCUT2D eigenvalue weighted by molar-refractivity contribution is 0.659. The Hall–Kier alpha value is -1.46. The minimum Gasteiger partial charge on any atom is -0.378 e. The molecule has 0 saturated heterocycles. The van der Waals surface area contributed by atoms with Crippen molar-refractivity contribution in [1.29, 1.82) is 0 Å². The maximum atomic E-state index is 5.18. The minimum atomic E-state index is 0.854. The van der Waals surface area contributed by atoms with E-state index >= 15 is 0 Å². The predicted molar refractivity (Wildman–Crippen MR) is 70.5 cm³/mol. The molecule has 0 aliphatic heterocycles. The van der Waals surface area contributed by atoms with E-state index in [9.17, 15) is 0 Å². The maximum Gasteiger partial charge on any atom is 0.0361 e.